The summed E-state index contributed by atoms with van der Waals surface area (Å²) in [5, 5.41) is 9.04. The molecule has 1 heterocycles. The van der Waals surface area contributed by atoms with Crippen LogP contribution >= 0.6 is 22.5 Å². The molecule has 0 saturated heterocycles. The Morgan fingerprint density at radius 1 is 1.04 bits per heavy atom. The van der Waals surface area contributed by atoms with Crippen molar-refractivity contribution in [2.75, 3.05) is 24.8 Å². The molecule has 0 bridgehead atoms. The first-order valence-corrected chi connectivity index (χ1v) is 17.8. The third kappa shape index (κ3) is 7.78. The van der Waals surface area contributed by atoms with Crippen LogP contribution in [0.15, 0.2) is 88.6 Å². The number of unbranched alkanes of at least 4 members (excludes halogenated alkanes) is 2. The molecule has 0 unspecified atom stereocenters. The second-order valence-corrected chi connectivity index (χ2v) is 13.9. The fraction of sp³-hybridized carbons (Fsp3) is 0.382. The molecule has 0 amide bonds. The van der Waals surface area contributed by atoms with Crippen molar-refractivity contribution in [2.45, 2.75) is 74.2 Å². The fourth-order valence-electron chi connectivity index (χ4n) is 5.76. The van der Waals surface area contributed by atoms with E-state index in [1.54, 1.807) is 7.11 Å². The van der Waals surface area contributed by atoms with Gasteiger partial charge in [0.2, 0.25) is 5.83 Å². The highest BCUT2D eigenvalue weighted by molar-refractivity contribution is 8.22. The fourth-order valence-corrected chi connectivity index (χ4v) is 8.36. The summed E-state index contributed by atoms with van der Waals surface area (Å²) in [6.45, 7) is 5.03. The maximum absolute atomic E-state index is 14.0. The van der Waals surface area contributed by atoms with Crippen LogP contribution in [0, 0.1) is 0 Å². The first kappa shape index (κ1) is 34.6. The highest BCUT2D eigenvalue weighted by Gasteiger charge is 2.49. The van der Waals surface area contributed by atoms with Gasteiger partial charge in [0.15, 0.2) is 0 Å². The minimum Gasteiger partial charge on any atom is -0.497 e. The molecule has 0 atom stereocenters. The first-order chi connectivity index (χ1) is 21.6. The Bertz CT molecular complexity index is 1460. The summed E-state index contributed by atoms with van der Waals surface area (Å²) in [7, 11) is -2.10. The number of nitrogens with zero attached hydrogens (tertiary/aromatic N) is 2. The smallest absolute Gasteiger partial charge is 0.368 e. The number of methoxy groups -OCH3 is 1. The Morgan fingerprint density at radius 2 is 1.69 bits per heavy atom. The van der Waals surface area contributed by atoms with Crippen LogP contribution in [0.1, 0.15) is 57.9 Å². The van der Waals surface area contributed by atoms with Gasteiger partial charge in [0.25, 0.3) is 0 Å². The topological polar surface area (TPSA) is 103 Å². The van der Waals surface area contributed by atoms with Gasteiger partial charge in [0.05, 0.1) is 23.2 Å². The first-order valence-electron chi connectivity index (χ1n) is 15.1. The van der Waals surface area contributed by atoms with Gasteiger partial charge in [-0.15, -0.1) is 22.5 Å². The van der Waals surface area contributed by atoms with Gasteiger partial charge < -0.3 is 19.5 Å². The molecule has 0 aliphatic carbocycles. The number of carbonyl (C=O) groups is 1. The van der Waals surface area contributed by atoms with Crippen molar-refractivity contribution in [3.8, 4) is 11.5 Å². The number of ether oxygens (including phenoxy) is 2. The number of carboxylic acid groups (broad SMARTS) is 1. The third-order valence-electron chi connectivity index (χ3n) is 8.16. The van der Waals surface area contributed by atoms with Gasteiger partial charge in [-0.05, 0) is 55.0 Å². The van der Waals surface area contributed by atoms with E-state index in [-0.39, 0.29) is 17.2 Å². The highest BCUT2D eigenvalue weighted by atomic mass is 32.3. The quantitative estimate of drug-likeness (QED) is 0.0888. The molecule has 0 aromatic heterocycles. The molecule has 4 rings (SSSR count). The highest BCUT2D eigenvalue weighted by Crippen LogP contribution is 2.64. The van der Waals surface area contributed by atoms with Gasteiger partial charge in [-0.1, -0.05) is 69.9 Å². The van der Waals surface area contributed by atoms with Gasteiger partial charge in [-0.3, -0.25) is 9.11 Å². The molecule has 3 N–H and O–H groups in total. The molecule has 3 aromatic rings. The number of para-hydroxylation sites is 1. The summed E-state index contributed by atoms with van der Waals surface area (Å²) < 4.78 is 51.9. The average Bonchev–Trinajstić information content (AvgIpc) is 3.13. The second kappa shape index (κ2) is 15.4. The summed E-state index contributed by atoms with van der Waals surface area (Å²) in [5.74, 6) is -2.38. The number of thioether (sulfide) groups is 1. The van der Waals surface area contributed by atoms with Gasteiger partial charge >= 0.3 is 5.97 Å². The van der Waals surface area contributed by atoms with Crippen molar-refractivity contribution in [1.82, 2.24) is 4.31 Å². The maximum atomic E-state index is 14.0. The molecule has 0 spiro atoms. The summed E-state index contributed by atoms with van der Waals surface area (Å²) in [4.78, 5) is 14.1. The zero-order valence-corrected chi connectivity index (χ0v) is 27.9. The maximum Gasteiger partial charge on any atom is 0.368 e. The van der Waals surface area contributed by atoms with Crippen molar-refractivity contribution in [3.05, 3.63) is 84.4 Å². The van der Waals surface area contributed by atoms with E-state index in [1.807, 2.05) is 71.2 Å². The van der Waals surface area contributed by atoms with Crippen LogP contribution in [0.25, 0.3) is 0 Å². The molecule has 8 nitrogen and oxygen atoms in total. The molecular formula is C34H43FN2O6S2. The minimum atomic E-state index is -3.70. The van der Waals surface area contributed by atoms with E-state index in [1.165, 1.54) is 17.8 Å². The van der Waals surface area contributed by atoms with Crippen molar-refractivity contribution >= 4 is 39.9 Å². The summed E-state index contributed by atoms with van der Waals surface area (Å²) in [6, 6.07) is 20.8. The number of fused-ring (bicyclic) bond motifs is 1. The number of carboxylic acids is 1. The van der Waals surface area contributed by atoms with Gasteiger partial charge in [-0.25, -0.2) is 4.79 Å². The van der Waals surface area contributed by atoms with Crippen LogP contribution in [0.3, 0.4) is 0 Å². The lowest BCUT2D eigenvalue weighted by Crippen LogP contribution is -2.54. The Labute approximate surface area is 271 Å². The molecule has 0 fully saturated rings. The molecule has 11 heteroatoms. The molecule has 3 aromatic carbocycles. The van der Waals surface area contributed by atoms with Crippen LogP contribution in [-0.4, -0.2) is 49.9 Å². The van der Waals surface area contributed by atoms with Crippen LogP contribution in [-0.2, 0) is 11.3 Å². The Hall–Kier alpha value is -3.22. The third-order valence-corrected chi connectivity index (χ3v) is 11.0. The van der Waals surface area contributed by atoms with E-state index in [4.69, 9.17) is 14.6 Å². The van der Waals surface area contributed by atoms with E-state index in [2.05, 4.69) is 18.7 Å². The lowest BCUT2D eigenvalue weighted by molar-refractivity contribution is -0.134. The average molecular weight is 659 g/mol. The Morgan fingerprint density at radius 3 is 2.24 bits per heavy atom. The van der Waals surface area contributed by atoms with Crippen LogP contribution < -0.4 is 14.4 Å². The van der Waals surface area contributed by atoms with Crippen molar-refractivity contribution in [2.24, 2.45) is 0 Å². The SMILES string of the molecule is CCCCC1(CCCC)CN(c2ccccc2)c2cc(SC)c(O/C=C(\F)C(=O)O)cc2S(O)(O)N1Cc1ccc(OC)cc1. The van der Waals surface area contributed by atoms with E-state index < -0.39 is 28.1 Å². The number of hydrogen-bond donors (Lipinski definition) is 3. The van der Waals surface area contributed by atoms with Crippen molar-refractivity contribution < 1.29 is 32.9 Å². The zero-order valence-electron chi connectivity index (χ0n) is 26.2. The zero-order chi connectivity index (χ0) is 32.6. The molecular weight excluding hydrogens is 616 g/mol. The summed E-state index contributed by atoms with van der Waals surface area (Å²) in [5.41, 5.74) is 1.76. The van der Waals surface area contributed by atoms with Crippen LogP contribution in [0.5, 0.6) is 11.5 Å². The predicted octanol–water partition coefficient (Wildman–Crippen LogP) is 9.49. The van der Waals surface area contributed by atoms with Crippen LogP contribution in [0.4, 0.5) is 15.8 Å². The Balaban J connectivity index is 2.01. The molecule has 244 valence electrons. The lowest BCUT2D eigenvalue weighted by atomic mass is 9.85. The monoisotopic (exact) mass is 658 g/mol. The minimum absolute atomic E-state index is 0.129. The summed E-state index contributed by atoms with van der Waals surface area (Å²) >= 11 is 1.34. The van der Waals surface area contributed by atoms with E-state index in [9.17, 15) is 18.3 Å². The number of hydrogen-bond acceptors (Lipinski definition) is 8. The molecule has 45 heavy (non-hydrogen) atoms. The second-order valence-electron chi connectivity index (χ2n) is 11.1. The summed E-state index contributed by atoms with van der Waals surface area (Å²) in [6.07, 6.45) is 7.49. The van der Waals surface area contributed by atoms with E-state index >= 15 is 0 Å². The number of anilines is 2. The molecule has 0 saturated carbocycles. The number of benzene rings is 3. The lowest BCUT2D eigenvalue weighted by Gasteiger charge is -2.52. The number of aliphatic carboxylic acids is 1. The largest absolute Gasteiger partial charge is 0.497 e. The molecule has 1 aliphatic rings. The Kier molecular flexibility index (Phi) is 11.8. The molecule has 1 aliphatic heterocycles. The van der Waals surface area contributed by atoms with Crippen molar-refractivity contribution in [1.29, 1.82) is 0 Å². The van der Waals surface area contributed by atoms with Crippen LogP contribution in [0.2, 0.25) is 0 Å². The molecule has 0 radical (unpaired) electrons. The number of halogens is 1. The van der Waals surface area contributed by atoms with E-state index in [0.29, 0.717) is 29.1 Å². The van der Waals surface area contributed by atoms with Gasteiger partial charge in [0.1, 0.15) is 22.7 Å². The number of rotatable bonds is 14. The van der Waals surface area contributed by atoms with Gasteiger partial charge in [-0.2, -0.15) is 8.70 Å². The van der Waals surface area contributed by atoms with E-state index in [0.717, 1.165) is 49.8 Å². The standard InChI is InChI=1S/C34H43FN2O6S2/c1-5-7-18-34(19-8-6-2)24-36(26-12-10-9-11-13-26)29-20-31(44-4)30(43-23-28(35)33(38)39)21-32(29)45(40,41)37(34)22-25-14-16-27(42-3)17-15-25/h9-17,20-21,23,40-41H,5-8,18-19,22,24H2,1-4H3,(H,38,39)/b28-23-. The predicted molar refractivity (Wildman–Crippen MR) is 181 cm³/mol. The normalized spacial score (nSPS) is 16.9. The van der Waals surface area contributed by atoms with Gasteiger partial charge in [0, 0.05) is 24.8 Å². The van der Waals surface area contributed by atoms with Crippen molar-refractivity contribution in [3.63, 3.8) is 0 Å².